The Hall–Kier alpha value is -1.22. The van der Waals surface area contributed by atoms with Crippen LogP contribution in [-0.2, 0) is 5.33 Å². The fraction of sp³-hybridized carbons (Fsp3) is 0.125. The number of aryl methyl sites for hydroxylation is 1. The summed E-state index contributed by atoms with van der Waals surface area (Å²) >= 11 is 6.78. The lowest BCUT2D eigenvalue weighted by Gasteiger charge is -1.84. The largest absolute Gasteiger partial charge is 1.00 e. The number of alkyl halides is 1. The lowest BCUT2D eigenvalue weighted by molar-refractivity contribution is -0.00000465. The quantitative estimate of drug-likeness (QED) is 0.437. The van der Waals surface area contributed by atoms with Crippen molar-refractivity contribution in [2.45, 2.75) is 12.3 Å². The van der Waals surface area contributed by atoms with E-state index in [0.29, 0.717) is 0 Å². The maximum Gasteiger partial charge on any atom is 0.102 e. The topological polar surface area (TPSA) is 57.4 Å². The first-order chi connectivity index (χ1) is 11.3. The van der Waals surface area contributed by atoms with Crippen LogP contribution in [0, 0.1) is 6.92 Å². The van der Waals surface area contributed by atoms with Crippen molar-refractivity contribution in [3.8, 4) is 21.1 Å². The van der Waals surface area contributed by atoms with Gasteiger partial charge in [0.1, 0.15) is 11.4 Å². The van der Waals surface area contributed by atoms with Crippen LogP contribution >= 0.6 is 38.6 Å². The molecule has 4 rings (SSSR count). The predicted molar refractivity (Wildman–Crippen MR) is 101 cm³/mol. The minimum absolute atomic E-state index is 0. The van der Waals surface area contributed by atoms with Crippen molar-refractivity contribution < 1.29 is 17.0 Å². The Morgan fingerprint density at radius 3 is 1.96 bits per heavy atom. The fourth-order valence-electron chi connectivity index (χ4n) is 1.95. The Morgan fingerprint density at radius 2 is 1.54 bits per heavy atom. The maximum absolute atomic E-state index is 4.18. The molecule has 0 atom stereocenters. The van der Waals surface area contributed by atoms with E-state index >= 15 is 0 Å². The van der Waals surface area contributed by atoms with E-state index < -0.39 is 0 Å². The first-order valence-corrected chi connectivity index (χ1v) is 9.84. The van der Waals surface area contributed by atoms with Gasteiger partial charge in [-0.3, -0.25) is 10.2 Å². The molecule has 0 radical (unpaired) electrons. The lowest BCUT2D eigenvalue weighted by atomic mass is 10.3. The van der Waals surface area contributed by atoms with E-state index in [1.807, 2.05) is 25.1 Å². The van der Waals surface area contributed by atoms with Crippen LogP contribution in [0.5, 0.6) is 0 Å². The minimum Gasteiger partial charge on any atom is -1.00 e. The van der Waals surface area contributed by atoms with Crippen molar-refractivity contribution in [1.29, 1.82) is 0 Å². The van der Waals surface area contributed by atoms with E-state index in [2.05, 4.69) is 65.3 Å². The smallest absolute Gasteiger partial charge is 0.102 e. The number of nitrogens with zero attached hydrogens (tertiary/aromatic N) is 2. The van der Waals surface area contributed by atoms with Crippen molar-refractivity contribution in [3.63, 3.8) is 0 Å². The molecular weight excluding hydrogens is 472 g/mol. The highest BCUT2D eigenvalue weighted by molar-refractivity contribution is 9.08. The average Bonchev–Trinajstić information content (AvgIpc) is 3.32. The second-order valence-electron chi connectivity index (χ2n) is 4.80. The Kier molecular flexibility index (Phi) is 7.41. The molecular formula is C16H15Br2N4S2-. The van der Waals surface area contributed by atoms with Gasteiger partial charge in [-0.2, -0.15) is 10.2 Å². The van der Waals surface area contributed by atoms with Gasteiger partial charge in [0.2, 0.25) is 0 Å². The number of hydrogen-bond acceptors (Lipinski definition) is 4. The van der Waals surface area contributed by atoms with Crippen molar-refractivity contribution in [3.05, 3.63) is 58.5 Å². The summed E-state index contributed by atoms with van der Waals surface area (Å²) in [5, 5.41) is 19.1. The Morgan fingerprint density at radius 1 is 0.958 bits per heavy atom. The van der Waals surface area contributed by atoms with Crippen LogP contribution in [0.3, 0.4) is 0 Å². The molecule has 2 N–H and O–H groups in total. The molecule has 4 nitrogen and oxygen atoms in total. The van der Waals surface area contributed by atoms with Gasteiger partial charge in [-0.05, 0) is 41.9 Å². The minimum atomic E-state index is 0. The summed E-state index contributed by atoms with van der Waals surface area (Å²) in [7, 11) is 0. The number of thiophene rings is 2. The predicted octanol–water partition coefficient (Wildman–Crippen LogP) is 2.48. The van der Waals surface area contributed by atoms with Gasteiger partial charge < -0.3 is 17.0 Å². The normalized spacial score (nSPS) is 9.92. The fourth-order valence-corrected chi connectivity index (χ4v) is 3.61. The first kappa shape index (κ1) is 19.1. The van der Waals surface area contributed by atoms with Crippen molar-refractivity contribution in [2.75, 3.05) is 0 Å². The summed E-state index contributed by atoms with van der Waals surface area (Å²) in [6, 6.07) is 12.3. The number of hydrogen-bond donors (Lipinski definition) is 2. The van der Waals surface area contributed by atoms with Crippen LogP contribution in [0.25, 0.3) is 21.1 Å². The molecule has 8 heteroatoms. The maximum atomic E-state index is 4.18. The van der Waals surface area contributed by atoms with Crippen LogP contribution in [0.15, 0.2) is 47.2 Å². The second kappa shape index (κ2) is 9.31. The molecule has 0 aliphatic heterocycles. The Bertz CT molecular complexity index is 835. The van der Waals surface area contributed by atoms with Crippen molar-refractivity contribution in [1.82, 2.24) is 20.4 Å². The summed E-state index contributed by atoms with van der Waals surface area (Å²) in [4.78, 5) is 2.42. The van der Waals surface area contributed by atoms with Crippen molar-refractivity contribution >= 4 is 38.6 Å². The SMILES string of the molecule is BrCc1cc(-c2cccs2)n[nH]1.Cc1cc(-c2cccs2)n[nH]1.[Br-]. The zero-order chi connectivity index (χ0) is 16.1. The molecule has 0 fully saturated rings. The van der Waals surface area contributed by atoms with Crippen LogP contribution in [-0.4, -0.2) is 20.4 Å². The van der Waals surface area contributed by atoms with E-state index in [1.165, 1.54) is 9.75 Å². The Labute approximate surface area is 167 Å². The van der Waals surface area contributed by atoms with Gasteiger partial charge in [0.15, 0.2) is 0 Å². The lowest BCUT2D eigenvalue weighted by Crippen LogP contribution is -3.00. The van der Waals surface area contributed by atoms with Gasteiger partial charge in [-0.15, -0.1) is 22.7 Å². The third-order valence-corrected chi connectivity index (χ3v) is 5.42. The van der Waals surface area contributed by atoms with E-state index in [4.69, 9.17) is 0 Å². The molecule has 0 saturated heterocycles. The third-order valence-electron chi connectivity index (χ3n) is 3.03. The molecule has 0 amide bonds. The molecule has 0 spiro atoms. The molecule has 24 heavy (non-hydrogen) atoms. The molecule has 0 unspecified atom stereocenters. The molecule has 0 aliphatic carbocycles. The molecule has 0 aromatic carbocycles. The number of aromatic amines is 2. The summed E-state index contributed by atoms with van der Waals surface area (Å²) in [5.74, 6) is 0. The van der Waals surface area contributed by atoms with Crippen LogP contribution in [0.2, 0.25) is 0 Å². The zero-order valence-electron chi connectivity index (χ0n) is 12.8. The molecule has 126 valence electrons. The first-order valence-electron chi connectivity index (χ1n) is 6.96. The second-order valence-corrected chi connectivity index (χ2v) is 7.26. The molecule has 4 aromatic rings. The molecule has 0 bridgehead atoms. The van der Waals surface area contributed by atoms with Crippen molar-refractivity contribution in [2.24, 2.45) is 0 Å². The van der Waals surface area contributed by atoms with Crippen LogP contribution in [0.1, 0.15) is 11.4 Å². The summed E-state index contributed by atoms with van der Waals surface area (Å²) in [5.41, 5.74) is 4.28. The van der Waals surface area contributed by atoms with Gasteiger partial charge in [0, 0.05) is 16.7 Å². The Balaban J connectivity index is 0.000000167. The van der Waals surface area contributed by atoms with Crippen LogP contribution in [0.4, 0.5) is 0 Å². The van der Waals surface area contributed by atoms with E-state index in [0.717, 1.165) is 28.1 Å². The average molecular weight is 487 g/mol. The standard InChI is InChI=1S/C8H7BrN2S.C8H8N2S.BrH/c9-5-6-4-7(11-10-6)8-2-1-3-12-8;1-6-5-7(10-9-6)8-3-2-4-11-8;/h1-4H,5H2,(H,10,11);2-5H,1H3,(H,9,10);1H/p-1. The highest BCUT2D eigenvalue weighted by Crippen LogP contribution is 2.23. The van der Waals surface area contributed by atoms with Gasteiger partial charge in [0.05, 0.1) is 9.75 Å². The number of aromatic nitrogens is 4. The van der Waals surface area contributed by atoms with Gasteiger partial charge in [-0.25, -0.2) is 0 Å². The number of H-pyrrole nitrogens is 2. The van der Waals surface area contributed by atoms with Gasteiger partial charge >= 0.3 is 0 Å². The molecule has 4 heterocycles. The summed E-state index contributed by atoms with van der Waals surface area (Å²) in [6.45, 7) is 2.00. The van der Waals surface area contributed by atoms with E-state index in [-0.39, 0.29) is 17.0 Å². The monoisotopic (exact) mass is 485 g/mol. The number of halogens is 2. The zero-order valence-corrected chi connectivity index (χ0v) is 17.6. The molecule has 0 saturated carbocycles. The number of rotatable bonds is 3. The van der Waals surface area contributed by atoms with Gasteiger partial charge in [-0.1, -0.05) is 28.1 Å². The highest BCUT2D eigenvalue weighted by atomic mass is 79.9. The van der Waals surface area contributed by atoms with Crippen LogP contribution < -0.4 is 17.0 Å². The molecule has 4 aromatic heterocycles. The van der Waals surface area contributed by atoms with E-state index in [9.17, 15) is 0 Å². The highest BCUT2D eigenvalue weighted by Gasteiger charge is 2.02. The molecule has 0 aliphatic rings. The third kappa shape index (κ3) is 4.89. The number of nitrogens with one attached hydrogen (secondary N) is 2. The summed E-state index contributed by atoms with van der Waals surface area (Å²) in [6.07, 6.45) is 0. The van der Waals surface area contributed by atoms with Gasteiger partial charge in [0.25, 0.3) is 0 Å². The summed E-state index contributed by atoms with van der Waals surface area (Å²) < 4.78 is 0. The van der Waals surface area contributed by atoms with E-state index in [1.54, 1.807) is 22.7 Å².